The van der Waals surface area contributed by atoms with E-state index in [9.17, 15) is 13.2 Å². The van der Waals surface area contributed by atoms with E-state index in [1.54, 1.807) is 38.1 Å². The molecule has 0 fully saturated rings. The summed E-state index contributed by atoms with van der Waals surface area (Å²) in [5, 5.41) is 2.67. The third-order valence-corrected chi connectivity index (χ3v) is 3.22. The summed E-state index contributed by atoms with van der Waals surface area (Å²) in [7, 11) is -3.32. The highest BCUT2D eigenvalue weighted by Crippen LogP contribution is 2.07. The number of hydrogen-bond donors (Lipinski definition) is 3. The number of rotatable bonds is 5. The van der Waals surface area contributed by atoms with Crippen molar-refractivity contribution in [2.75, 3.05) is 18.5 Å². The van der Waals surface area contributed by atoms with E-state index in [0.29, 0.717) is 11.3 Å². The lowest BCUT2D eigenvalue weighted by atomic mass is 10.1. The van der Waals surface area contributed by atoms with Gasteiger partial charge in [0.2, 0.25) is 10.0 Å². The third-order valence-electron chi connectivity index (χ3n) is 2.30. The molecule has 0 atom stereocenters. The van der Waals surface area contributed by atoms with Crippen LogP contribution in [-0.4, -0.2) is 32.7 Å². The van der Waals surface area contributed by atoms with Gasteiger partial charge < -0.3 is 11.1 Å². The Hall–Kier alpha value is -1.60. The van der Waals surface area contributed by atoms with E-state index in [1.807, 2.05) is 0 Å². The number of benzene rings is 1. The largest absolute Gasteiger partial charge is 0.399 e. The Kier molecular flexibility index (Phi) is 4.54. The van der Waals surface area contributed by atoms with Crippen molar-refractivity contribution < 1.29 is 13.2 Å². The summed E-state index contributed by atoms with van der Waals surface area (Å²) in [5.41, 5.74) is 5.77. The van der Waals surface area contributed by atoms with Crippen LogP contribution in [0, 0.1) is 0 Å². The number of nitrogen functional groups attached to an aromatic ring is 1. The first-order chi connectivity index (χ1) is 8.59. The maximum atomic E-state index is 11.9. The van der Waals surface area contributed by atoms with Crippen LogP contribution in [-0.2, 0) is 10.0 Å². The number of hydrogen-bond acceptors (Lipinski definition) is 4. The van der Waals surface area contributed by atoms with Crippen LogP contribution >= 0.6 is 0 Å². The molecule has 1 aromatic rings. The standard InChI is InChI=1S/C12H19N3O3S/c1-12(2,15-19(3,17)18)8-14-11(16)9-5-4-6-10(13)7-9/h4-7,15H,8,13H2,1-3H3,(H,14,16). The fraction of sp³-hybridized carbons (Fsp3) is 0.417. The van der Waals surface area contributed by atoms with Crippen LogP contribution in [0.3, 0.4) is 0 Å². The first-order valence-corrected chi connectivity index (χ1v) is 7.61. The van der Waals surface area contributed by atoms with Gasteiger partial charge in [-0.3, -0.25) is 4.79 Å². The predicted octanol–water partition coefficient (Wildman–Crippen LogP) is 0.326. The molecule has 7 heteroatoms. The molecular weight excluding hydrogens is 266 g/mol. The maximum absolute atomic E-state index is 11.9. The highest BCUT2D eigenvalue weighted by Gasteiger charge is 2.22. The van der Waals surface area contributed by atoms with E-state index in [4.69, 9.17) is 5.73 Å². The molecule has 0 heterocycles. The number of amides is 1. The second kappa shape index (κ2) is 5.58. The van der Waals surface area contributed by atoms with Gasteiger partial charge in [-0.2, -0.15) is 0 Å². The summed E-state index contributed by atoms with van der Waals surface area (Å²) in [6.07, 6.45) is 1.08. The molecule has 19 heavy (non-hydrogen) atoms. The Morgan fingerprint density at radius 3 is 2.53 bits per heavy atom. The van der Waals surface area contributed by atoms with Gasteiger partial charge in [0.05, 0.1) is 6.26 Å². The molecule has 0 radical (unpaired) electrons. The van der Waals surface area contributed by atoms with Crippen molar-refractivity contribution in [3.8, 4) is 0 Å². The molecule has 0 saturated heterocycles. The molecule has 0 aliphatic heterocycles. The van der Waals surface area contributed by atoms with Crippen molar-refractivity contribution in [2.24, 2.45) is 0 Å². The van der Waals surface area contributed by atoms with Crippen LogP contribution in [0.5, 0.6) is 0 Å². The number of sulfonamides is 1. The summed E-state index contributed by atoms with van der Waals surface area (Å²) >= 11 is 0. The number of carbonyl (C=O) groups is 1. The second-order valence-corrected chi connectivity index (χ2v) is 6.81. The van der Waals surface area contributed by atoms with Crippen molar-refractivity contribution >= 4 is 21.6 Å². The smallest absolute Gasteiger partial charge is 0.251 e. The van der Waals surface area contributed by atoms with E-state index < -0.39 is 15.6 Å². The van der Waals surface area contributed by atoms with Crippen LogP contribution in [0.2, 0.25) is 0 Å². The quantitative estimate of drug-likeness (QED) is 0.678. The molecule has 0 saturated carbocycles. The molecule has 0 bridgehead atoms. The molecule has 106 valence electrons. The van der Waals surface area contributed by atoms with Gasteiger partial charge in [0.25, 0.3) is 5.91 Å². The first-order valence-electron chi connectivity index (χ1n) is 5.72. The molecule has 0 aliphatic carbocycles. The predicted molar refractivity (Wildman–Crippen MR) is 75.2 cm³/mol. The summed E-state index contributed by atoms with van der Waals surface area (Å²) in [6, 6.07) is 6.57. The first kappa shape index (κ1) is 15.5. The lowest BCUT2D eigenvalue weighted by molar-refractivity contribution is 0.0944. The Balaban J connectivity index is 2.64. The Bertz CT molecular complexity index is 567. The SMILES string of the molecule is CC(C)(CNC(=O)c1cccc(N)c1)NS(C)(=O)=O. The summed E-state index contributed by atoms with van der Waals surface area (Å²) in [4.78, 5) is 11.9. The van der Waals surface area contributed by atoms with E-state index in [0.717, 1.165) is 6.26 Å². The normalized spacial score (nSPS) is 12.2. The Morgan fingerprint density at radius 1 is 1.37 bits per heavy atom. The van der Waals surface area contributed by atoms with Gasteiger partial charge in [-0.15, -0.1) is 0 Å². The average Bonchev–Trinajstić information content (AvgIpc) is 2.22. The van der Waals surface area contributed by atoms with E-state index in [1.165, 1.54) is 0 Å². The highest BCUT2D eigenvalue weighted by molar-refractivity contribution is 7.88. The maximum Gasteiger partial charge on any atom is 0.251 e. The van der Waals surface area contributed by atoms with Crippen LogP contribution in [0.25, 0.3) is 0 Å². The number of carbonyl (C=O) groups excluding carboxylic acids is 1. The molecule has 1 amide bonds. The monoisotopic (exact) mass is 285 g/mol. The summed E-state index contributed by atoms with van der Waals surface area (Å²) in [5.74, 6) is -0.296. The topological polar surface area (TPSA) is 101 Å². The zero-order valence-corrected chi connectivity index (χ0v) is 12.0. The van der Waals surface area contributed by atoms with Gasteiger partial charge in [0.1, 0.15) is 0 Å². The summed E-state index contributed by atoms with van der Waals surface area (Å²) in [6.45, 7) is 3.55. The van der Waals surface area contributed by atoms with Crippen LogP contribution in [0.1, 0.15) is 24.2 Å². The van der Waals surface area contributed by atoms with Gasteiger partial charge in [-0.05, 0) is 32.0 Å². The molecule has 0 aromatic heterocycles. The zero-order valence-electron chi connectivity index (χ0n) is 11.2. The van der Waals surface area contributed by atoms with Crippen molar-refractivity contribution in [3.63, 3.8) is 0 Å². The van der Waals surface area contributed by atoms with Crippen LogP contribution in [0.4, 0.5) is 5.69 Å². The van der Waals surface area contributed by atoms with Crippen molar-refractivity contribution in [1.29, 1.82) is 0 Å². The van der Waals surface area contributed by atoms with Gasteiger partial charge in [-0.1, -0.05) is 6.07 Å². The lowest BCUT2D eigenvalue weighted by Gasteiger charge is -2.25. The van der Waals surface area contributed by atoms with Crippen molar-refractivity contribution in [3.05, 3.63) is 29.8 Å². The van der Waals surface area contributed by atoms with E-state index in [2.05, 4.69) is 10.0 Å². The van der Waals surface area contributed by atoms with Gasteiger partial charge >= 0.3 is 0 Å². The van der Waals surface area contributed by atoms with Crippen molar-refractivity contribution in [1.82, 2.24) is 10.0 Å². The van der Waals surface area contributed by atoms with E-state index >= 15 is 0 Å². The van der Waals surface area contributed by atoms with Crippen LogP contribution in [0.15, 0.2) is 24.3 Å². The van der Waals surface area contributed by atoms with E-state index in [-0.39, 0.29) is 12.5 Å². The average molecular weight is 285 g/mol. The minimum Gasteiger partial charge on any atom is -0.399 e. The Morgan fingerprint density at radius 2 is 2.00 bits per heavy atom. The third kappa shape index (κ3) is 5.71. The fourth-order valence-electron chi connectivity index (χ4n) is 1.62. The Labute approximate surface area is 113 Å². The minimum absolute atomic E-state index is 0.174. The molecule has 0 unspecified atom stereocenters. The molecular formula is C12H19N3O3S. The molecule has 1 rings (SSSR count). The molecule has 4 N–H and O–H groups in total. The van der Waals surface area contributed by atoms with Gasteiger partial charge in [-0.25, -0.2) is 13.1 Å². The molecule has 0 spiro atoms. The second-order valence-electron chi connectivity index (χ2n) is 5.07. The zero-order chi connectivity index (χ0) is 14.7. The highest BCUT2D eigenvalue weighted by atomic mass is 32.2. The van der Waals surface area contributed by atoms with Gasteiger partial charge in [0, 0.05) is 23.3 Å². The van der Waals surface area contributed by atoms with Gasteiger partial charge in [0.15, 0.2) is 0 Å². The molecule has 6 nitrogen and oxygen atoms in total. The number of nitrogens with one attached hydrogen (secondary N) is 2. The number of anilines is 1. The minimum atomic E-state index is -3.32. The van der Waals surface area contributed by atoms with Crippen LogP contribution < -0.4 is 15.8 Å². The molecule has 1 aromatic carbocycles. The fourth-order valence-corrected chi connectivity index (χ4v) is 2.70. The lowest BCUT2D eigenvalue weighted by Crippen LogP contribution is -2.51. The van der Waals surface area contributed by atoms with Crippen molar-refractivity contribution in [2.45, 2.75) is 19.4 Å². The number of nitrogens with two attached hydrogens (primary N) is 1. The summed E-state index contributed by atoms with van der Waals surface area (Å²) < 4.78 is 24.8. The molecule has 0 aliphatic rings.